The van der Waals surface area contributed by atoms with Gasteiger partial charge in [-0.3, -0.25) is 0 Å². The Morgan fingerprint density at radius 3 is 2.53 bits per heavy atom. The molecule has 2 amide bonds. The highest BCUT2D eigenvalue weighted by molar-refractivity contribution is 9.10. The number of halogens is 1. The summed E-state index contributed by atoms with van der Waals surface area (Å²) in [7, 11) is 0. The van der Waals surface area contributed by atoms with Gasteiger partial charge in [0.1, 0.15) is 0 Å². The highest BCUT2D eigenvalue weighted by Crippen LogP contribution is 2.22. The lowest BCUT2D eigenvalue weighted by Gasteiger charge is -2.25. The number of nitrogens with zero attached hydrogens (tertiary/aromatic N) is 1. The molecule has 0 radical (unpaired) electrons. The predicted molar refractivity (Wildman–Crippen MR) is 77.6 cm³/mol. The van der Waals surface area contributed by atoms with E-state index in [0.717, 1.165) is 0 Å². The van der Waals surface area contributed by atoms with Crippen molar-refractivity contribution in [2.24, 2.45) is 0 Å². The Balaban J connectivity index is 3.01. The van der Waals surface area contributed by atoms with E-state index in [4.69, 9.17) is 5.11 Å². The van der Waals surface area contributed by atoms with Crippen LogP contribution in [0.3, 0.4) is 0 Å². The fourth-order valence-electron chi connectivity index (χ4n) is 1.74. The lowest BCUT2D eigenvalue weighted by atomic mass is 10.2. The average molecular weight is 329 g/mol. The normalized spacial score (nSPS) is 10.4. The van der Waals surface area contributed by atoms with E-state index < -0.39 is 5.97 Å². The van der Waals surface area contributed by atoms with Crippen LogP contribution in [0.15, 0.2) is 22.7 Å². The zero-order chi connectivity index (χ0) is 14.6. The summed E-state index contributed by atoms with van der Waals surface area (Å²) in [6, 6.07) is 4.39. The summed E-state index contributed by atoms with van der Waals surface area (Å²) in [6.45, 7) is 6.24. The maximum atomic E-state index is 12.1. The van der Waals surface area contributed by atoms with Crippen LogP contribution in [0.1, 0.15) is 31.1 Å². The van der Waals surface area contributed by atoms with Crippen LogP contribution in [-0.2, 0) is 0 Å². The van der Waals surface area contributed by atoms with E-state index in [1.165, 1.54) is 6.07 Å². The SMILES string of the molecule is CCN(C(=O)Nc1cc(Br)ccc1C(=O)O)C(C)C. The Morgan fingerprint density at radius 2 is 2.05 bits per heavy atom. The standard InChI is InChI=1S/C13H17BrN2O3/c1-4-16(8(2)3)13(19)15-11-7-9(14)5-6-10(11)12(17)18/h5-8H,4H2,1-3H3,(H,15,19)(H,17,18). The molecule has 6 heteroatoms. The number of carbonyl (C=O) groups is 2. The minimum atomic E-state index is -1.07. The predicted octanol–water partition coefficient (Wildman–Crippen LogP) is 3.41. The lowest BCUT2D eigenvalue weighted by molar-refractivity contribution is 0.0698. The number of hydrogen-bond acceptors (Lipinski definition) is 2. The molecular weight excluding hydrogens is 312 g/mol. The first kappa shape index (κ1) is 15.5. The van der Waals surface area contributed by atoms with Crippen molar-refractivity contribution in [1.82, 2.24) is 4.90 Å². The summed E-state index contributed by atoms with van der Waals surface area (Å²) in [6.07, 6.45) is 0. The number of aromatic carboxylic acids is 1. The largest absolute Gasteiger partial charge is 0.478 e. The van der Waals surface area contributed by atoms with Crippen LogP contribution in [0.5, 0.6) is 0 Å². The number of carbonyl (C=O) groups excluding carboxylic acids is 1. The number of hydrogen-bond donors (Lipinski definition) is 2. The smallest absolute Gasteiger partial charge is 0.337 e. The van der Waals surface area contributed by atoms with E-state index in [2.05, 4.69) is 21.2 Å². The molecule has 1 aromatic carbocycles. The molecule has 0 saturated heterocycles. The second kappa shape index (κ2) is 6.56. The fraction of sp³-hybridized carbons (Fsp3) is 0.385. The highest BCUT2D eigenvalue weighted by atomic mass is 79.9. The first-order valence-corrected chi connectivity index (χ1v) is 6.76. The van der Waals surface area contributed by atoms with E-state index in [1.54, 1.807) is 17.0 Å². The Labute approximate surface area is 120 Å². The van der Waals surface area contributed by atoms with Crippen molar-refractivity contribution in [2.45, 2.75) is 26.8 Å². The zero-order valence-corrected chi connectivity index (χ0v) is 12.7. The first-order valence-electron chi connectivity index (χ1n) is 5.97. The van der Waals surface area contributed by atoms with Gasteiger partial charge in [-0.1, -0.05) is 15.9 Å². The minimum absolute atomic E-state index is 0.0467. The molecule has 0 spiro atoms. The Kier molecular flexibility index (Phi) is 5.35. The van der Waals surface area contributed by atoms with Crippen molar-refractivity contribution in [3.8, 4) is 0 Å². The quantitative estimate of drug-likeness (QED) is 0.889. The van der Waals surface area contributed by atoms with E-state index in [1.807, 2.05) is 20.8 Å². The third-order valence-corrected chi connectivity index (χ3v) is 3.17. The van der Waals surface area contributed by atoms with Gasteiger partial charge in [-0.05, 0) is 39.0 Å². The molecule has 1 aromatic rings. The Hall–Kier alpha value is -1.56. The lowest BCUT2D eigenvalue weighted by Crippen LogP contribution is -2.40. The van der Waals surface area contributed by atoms with E-state index in [-0.39, 0.29) is 23.3 Å². The molecule has 5 nitrogen and oxygen atoms in total. The van der Waals surface area contributed by atoms with Crippen molar-refractivity contribution < 1.29 is 14.7 Å². The van der Waals surface area contributed by atoms with Crippen molar-refractivity contribution in [3.63, 3.8) is 0 Å². The maximum Gasteiger partial charge on any atom is 0.337 e. The third-order valence-electron chi connectivity index (χ3n) is 2.68. The molecule has 0 saturated carbocycles. The average Bonchev–Trinajstić information content (AvgIpc) is 2.28. The van der Waals surface area contributed by atoms with Crippen LogP contribution >= 0.6 is 15.9 Å². The molecule has 0 aromatic heterocycles. The molecule has 0 unspecified atom stereocenters. The number of carboxylic acid groups (broad SMARTS) is 1. The van der Waals surface area contributed by atoms with Gasteiger partial charge in [0.25, 0.3) is 0 Å². The molecule has 0 aliphatic carbocycles. The molecule has 0 fully saturated rings. The van der Waals surface area contributed by atoms with Gasteiger partial charge in [-0.25, -0.2) is 9.59 Å². The van der Waals surface area contributed by atoms with Gasteiger partial charge in [0, 0.05) is 17.1 Å². The highest BCUT2D eigenvalue weighted by Gasteiger charge is 2.18. The van der Waals surface area contributed by atoms with Gasteiger partial charge in [0.15, 0.2) is 0 Å². The molecule has 1 rings (SSSR count). The third kappa shape index (κ3) is 3.96. The van der Waals surface area contributed by atoms with Crippen molar-refractivity contribution in [1.29, 1.82) is 0 Å². The number of carboxylic acids is 1. The van der Waals surface area contributed by atoms with Crippen LogP contribution in [0.4, 0.5) is 10.5 Å². The number of nitrogens with one attached hydrogen (secondary N) is 1. The number of urea groups is 1. The van der Waals surface area contributed by atoms with E-state index in [0.29, 0.717) is 11.0 Å². The summed E-state index contributed by atoms with van der Waals surface area (Å²) in [5.41, 5.74) is 0.349. The maximum absolute atomic E-state index is 12.1. The molecule has 2 N–H and O–H groups in total. The Bertz CT molecular complexity index is 489. The molecule has 0 aliphatic rings. The molecular formula is C13H17BrN2O3. The summed E-state index contributed by atoms with van der Waals surface area (Å²) in [5.74, 6) is -1.07. The number of rotatable bonds is 4. The summed E-state index contributed by atoms with van der Waals surface area (Å²) in [5, 5.41) is 11.7. The van der Waals surface area contributed by atoms with Gasteiger partial charge in [-0.15, -0.1) is 0 Å². The van der Waals surface area contributed by atoms with Crippen molar-refractivity contribution >= 4 is 33.6 Å². The molecule has 19 heavy (non-hydrogen) atoms. The van der Waals surface area contributed by atoms with Gasteiger partial charge in [0.05, 0.1) is 11.3 Å². The van der Waals surface area contributed by atoms with Crippen LogP contribution < -0.4 is 5.32 Å². The molecule has 0 heterocycles. The second-order valence-corrected chi connectivity index (χ2v) is 5.22. The first-order chi connectivity index (χ1) is 8.86. The van der Waals surface area contributed by atoms with Gasteiger partial charge in [0.2, 0.25) is 0 Å². The van der Waals surface area contributed by atoms with Crippen LogP contribution in [-0.4, -0.2) is 34.6 Å². The monoisotopic (exact) mass is 328 g/mol. The topological polar surface area (TPSA) is 69.6 Å². The summed E-state index contributed by atoms with van der Waals surface area (Å²) in [4.78, 5) is 24.8. The number of benzene rings is 1. The van der Waals surface area contributed by atoms with Crippen LogP contribution in [0, 0.1) is 0 Å². The molecule has 0 bridgehead atoms. The number of anilines is 1. The van der Waals surface area contributed by atoms with E-state index in [9.17, 15) is 9.59 Å². The van der Waals surface area contributed by atoms with Crippen molar-refractivity contribution in [3.05, 3.63) is 28.2 Å². The molecule has 104 valence electrons. The minimum Gasteiger partial charge on any atom is -0.478 e. The second-order valence-electron chi connectivity index (χ2n) is 4.30. The molecule has 0 aliphatic heterocycles. The van der Waals surface area contributed by atoms with Gasteiger partial charge >= 0.3 is 12.0 Å². The Morgan fingerprint density at radius 1 is 1.42 bits per heavy atom. The van der Waals surface area contributed by atoms with Gasteiger partial charge in [-0.2, -0.15) is 0 Å². The molecule has 0 atom stereocenters. The van der Waals surface area contributed by atoms with Crippen LogP contribution in [0.2, 0.25) is 0 Å². The summed E-state index contributed by atoms with van der Waals surface area (Å²) < 4.78 is 0.709. The zero-order valence-electron chi connectivity index (χ0n) is 11.1. The fourth-order valence-corrected chi connectivity index (χ4v) is 2.10. The van der Waals surface area contributed by atoms with E-state index >= 15 is 0 Å². The van der Waals surface area contributed by atoms with Crippen molar-refractivity contribution in [2.75, 3.05) is 11.9 Å². The van der Waals surface area contributed by atoms with Crippen LogP contribution in [0.25, 0.3) is 0 Å². The van der Waals surface area contributed by atoms with Gasteiger partial charge < -0.3 is 15.3 Å². The summed E-state index contributed by atoms with van der Waals surface area (Å²) >= 11 is 3.26. The number of amides is 2.